The molecule has 0 radical (unpaired) electrons. The Hall–Kier alpha value is -2.70. The fourth-order valence-corrected chi connectivity index (χ4v) is 3.07. The number of ether oxygens (including phenoxy) is 1. The molecular weight excluding hydrogens is 527 g/mol. The molecule has 0 aliphatic rings. The molecule has 2 atom stereocenters. The Bertz CT molecular complexity index is 814. The van der Waals surface area contributed by atoms with Gasteiger partial charge in [-0.3, -0.25) is 4.79 Å². The molecule has 10 nitrogen and oxygen atoms in total. The summed E-state index contributed by atoms with van der Waals surface area (Å²) in [5, 5.41) is 23.1. The molecule has 0 aromatic heterocycles. The second kappa shape index (κ2) is 13.6. The summed E-state index contributed by atoms with van der Waals surface area (Å²) in [6, 6.07) is 5.70. The average Bonchev–Trinajstić information content (AvgIpc) is 2.69. The monoisotopic (exact) mass is 552 g/mol. The third kappa shape index (κ3) is 10.8. The van der Waals surface area contributed by atoms with Gasteiger partial charge in [0.1, 0.15) is 11.8 Å². The van der Waals surface area contributed by atoms with E-state index < -0.39 is 30.2 Å². The van der Waals surface area contributed by atoms with Crippen LogP contribution in [0.1, 0.15) is 49.4 Å². The van der Waals surface area contributed by atoms with Gasteiger partial charge in [-0.15, -0.1) is 0 Å². The highest BCUT2D eigenvalue weighted by Crippen LogP contribution is 2.09. The third-order valence-electron chi connectivity index (χ3n) is 4.17. The minimum absolute atomic E-state index is 0.00690. The van der Waals surface area contributed by atoms with E-state index in [9.17, 15) is 29.1 Å². The molecule has 31 heavy (non-hydrogen) atoms. The first-order valence-electron chi connectivity index (χ1n) is 9.56. The number of hydrogen-bond donors (Lipinski definition) is 4. The summed E-state index contributed by atoms with van der Waals surface area (Å²) >= 11 is 2.10. The molecule has 0 fully saturated rings. The number of amides is 2. The van der Waals surface area contributed by atoms with Gasteiger partial charge in [0.2, 0.25) is 6.10 Å². The van der Waals surface area contributed by atoms with E-state index in [0.29, 0.717) is 24.9 Å². The third-order valence-corrected chi connectivity index (χ3v) is 4.84. The summed E-state index contributed by atoms with van der Waals surface area (Å²) in [5.41, 5.74) is 0.521. The number of unbranched alkanes of at least 4 members (excludes halogenated alkanes) is 1. The summed E-state index contributed by atoms with van der Waals surface area (Å²) < 4.78 is 5.75. The van der Waals surface area contributed by atoms with Crippen molar-refractivity contribution in [2.75, 3.05) is 6.54 Å². The van der Waals surface area contributed by atoms with E-state index in [0.717, 1.165) is 3.57 Å². The number of carboxylic acids is 2. The SMILES string of the molecule is CC(=O)CC[C@H](NC(=O)O[C@@H](CCCCNC(=O)c1cccc([131I])c1)C(=O)O)C(=O)O. The molecule has 0 aliphatic heterocycles. The van der Waals surface area contributed by atoms with Crippen molar-refractivity contribution in [1.29, 1.82) is 0 Å². The van der Waals surface area contributed by atoms with E-state index in [1.54, 1.807) is 18.2 Å². The summed E-state index contributed by atoms with van der Waals surface area (Å²) in [5.74, 6) is -3.20. The zero-order valence-electron chi connectivity index (χ0n) is 16.9. The largest absolute Gasteiger partial charge is 0.480 e. The summed E-state index contributed by atoms with van der Waals surface area (Å²) in [6.07, 6.45) is -2.02. The molecule has 2 amide bonds. The number of benzene rings is 1. The van der Waals surface area contributed by atoms with Crippen LogP contribution in [0.4, 0.5) is 4.79 Å². The first kappa shape index (κ1) is 26.3. The Kier molecular flexibility index (Phi) is 11.5. The van der Waals surface area contributed by atoms with E-state index in [1.807, 2.05) is 6.07 Å². The number of carbonyl (C=O) groups is 5. The van der Waals surface area contributed by atoms with Gasteiger partial charge in [0.15, 0.2) is 0 Å². The van der Waals surface area contributed by atoms with E-state index in [2.05, 4.69) is 33.2 Å². The molecule has 0 bridgehead atoms. The van der Waals surface area contributed by atoms with Gasteiger partial charge >= 0.3 is 18.0 Å². The van der Waals surface area contributed by atoms with Gasteiger partial charge < -0.3 is 30.4 Å². The maximum atomic E-state index is 12.0. The van der Waals surface area contributed by atoms with Gasteiger partial charge in [-0.05, 0) is 73.4 Å². The number of halogens is 1. The highest BCUT2D eigenvalue weighted by atomic mass is 131. The molecule has 1 aromatic rings. The van der Waals surface area contributed by atoms with Crippen molar-refractivity contribution < 1.29 is 38.9 Å². The Morgan fingerprint density at radius 1 is 1.06 bits per heavy atom. The highest BCUT2D eigenvalue weighted by Gasteiger charge is 2.26. The van der Waals surface area contributed by atoms with Crippen molar-refractivity contribution in [2.24, 2.45) is 0 Å². The van der Waals surface area contributed by atoms with Gasteiger partial charge in [-0.1, -0.05) is 6.07 Å². The van der Waals surface area contributed by atoms with Crippen molar-refractivity contribution in [3.05, 3.63) is 33.4 Å². The van der Waals surface area contributed by atoms with Crippen LogP contribution in [0.25, 0.3) is 0 Å². The van der Waals surface area contributed by atoms with Gasteiger partial charge in [-0.2, -0.15) is 0 Å². The lowest BCUT2D eigenvalue weighted by atomic mass is 10.1. The van der Waals surface area contributed by atoms with E-state index in [-0.39, 0.29) is 31.0 Å². The van der Waals surface area contributed by atoms with Crippen LogP contribution in [0.15, 0.2) is 24.3 Å². The minimum Gasteiger partial charge on any atom is -0.480 e. The number of aliphatic carboxylic acids is 2. The molecule has 0 saturated carbocycles. The predicted octanol–water partition coefficient (Wildman–Crippen LogP) is 2.19. The quantitative estimate of drug-likeness (QED) is 0.214. The minimum atomic E-state index is -1.46. The maximum absolute atomic E-state index is 12.0. The van der Waals surface area contributed by atoms with Crippen LogP contribution in [0.5, 0.6) is 0 Å². The number of carbonyl (C=O) groups excluding carboxylic acids is 3. The number of hydrogen-bond acceptors (Lipinski definition) is 6. The summed E-state index contributed by atoms with van der Waals surface area (Å²) in [7, 11) is 0. The van der Waals surface area contributed by atoms with Crippen molar-refractivity contribution in [2.45, 2.75) is 51.2 Å². The second-order valence-electron chi connectivity index (χ2n) is 6.77. The van der Waals surface area contributed by atoms with Crippen LogP contribution in [-0.4, -0.2) is 58.6 Å². The van der Waals surface area contributed by atoms with Crippen molar-refractivity contribution in [3.8, 4) is 0 Å². The smallest absolute Gasteiger partial charge is 0.408 e. The van der Waals surface area contributed by atoms with Gasteiger partial charge in [0.05, 0.1) is 0 Å². The molecule has 4 N–H and O–H groups in total. The first-order valence-corrected chi connectivity index (χ1v) is 10.6. The molecule has 0 aliphatic carbocycles. The van der Waals surface area contributed by atoms with Crippen LogP contribution in [0.3, 0.4) is 0 Å². The van der Waals surface area contributed by atoms with Crippen LogP contribution in [-0.2, 0) is 19.1 Å². The van der Waals surface area contributed by atoms with Gasteiger partial charge in [0, 0.05) is 22.1 Å². The number of ketones is 1. The van der Waals surface area contributed by atoms with Gasteiger partial charge in [-0.25, -0.2) is 14.4 Å². The normalized spacial score (nSPS) is 12.3. The summed E-state index contributed by atoms with van der Waals surface area (Å²) in [6.45, 7) is 1.61. The Morgan fingerprint density at radius 3 is 2.35 bits per heavy atom. The Labute approximate surface area is 192 Å². The van der Waals surface area contributed by atoms with E-state index in [1.165, 1.54) is 6.92 Å². The standard InChI is InChI=1S/C20H25IN2O8/c1-12(24)8-9-15(18(26)27)23-20(30)31-16(19(28)29)7-2-3-10-22-17(25)13-5-4-6-14(21)11-13/h4-6,11,15-16H,2-3,7-10H2,1H3,(H,22,25)(H,23,30)(H,26,27)(H,28,29)/t15-,16-/m0/s1/i21+4. The maximum Gasteiger partial charge on any atom is 0.408 e. The number of nitrogens with one attached hydrogen (secondary N) is 2. The van der Waals surface area contributed by atoms with Crippen molar-refractivity contribution in [3.63, 3.8) is 0 Å². The van der Waals surface area contributed by atoms with Crippen LogP contribution in [0, 0.1) is 3.57 Å². The van der Waals surface area contributed by atoms with Crippen LogP contribution < -0.4 is 10.6 Å². The fourth-order valence-electron chi connectivity index (χ4n) is 2.53. The van der Waals surface area contributed by atoms with Crippen molar-refractivity contribution >= 4 is 52.3 Å². The van der Waals surface area contributed by atoms with Crippen molar-refractivity contribution in [1.82, 2.24) is 10.6 Å². The summed E-state index contributed by atoms with van der Waals surface area (Å²) in [4.78, 5) is 57.4. The molecule has 0 unspecified atom stereocenters. The molecule has 0 spiro atoms. The second-order valence-corrected chi connectivity index (χ2v) is 8.02. The van der Waals surface area contributed by atoms with E-state index in [4.69, 9.17) is 9.84 Å². The zero-order chi connectivity index (χ0) is 23.4. The van der Waals surface area contributed by atoms with Crippen LogP contribution >= 0.6 is 22.6 Å². The molecule has 11 heteroatoms. The molecule has 1 rings (SSSR count). The van der Waals surface area contributed by atoms with Gasteiger partial charge in [0.25, 0.3) is 5.91 Å². The van der Waals surface area contributed by atoms with E-state index >= 15 is 0 Å². The lowest BCUT2D eigenvalue weighted by Crippen LogP contribution is -2.43. The lowest BCUT2D eigenvalue weighted by molar-refractivity contribution is -0.147. The first-order chi connectivity index (χ1) is 14.6. The molecule has 170 valence electrons. The number of alkyl carbamates (subject to hydrolysis) is 1. The number of Topliss-reactive ketones (excluding diaryl/α,β-unsaturated/α-hetero) is 1. The number of carboxylic acid groups (broad SMARTS) is 2. The fraction of sp³-hybridized carbons (Fsp3) is 0.450. The lowest BCUT2D eigenvalue weighted by Gasteiger charge is -2.17. The molecule has 0 heterocycles. The predicted molar refractivity (Wildman–Crippen MR) is 118 cm³/mol. The Balaban J connectivity index is 2.42. The molecule has 1 aromatic carbocycles. The number of rotatable bonds is 13. The molecular formula is C20H25IN2O8. The Morgan fingerprint density at radius 2 is 1.77 bits per heavy atom. The molecule has 0 saturated heterocycles. The average molecular weight is 552 g/mol. The topological polar surface area (TPSA) is 159 Å². The highest BCUT2D eigenvalue weighted by molar-refractivity contribution is 14.1. The van der Waals surface area contributed by atoms with Crippen LogP contribution in [0.2, 0.25) is 0 Å². The zero-order valence-corrected chi connectivity index (χ0v) is 19.1.